The lowest BCUT2D eigenvalue weighted by Gasteiger charge is -2.53. The van der Waals surface area contributed by atoms with E-state index in [-0.39, 0.29) is 17.8 Å². The Bertz CT molecular complexity index is 786. The Morgan fingerprint density at radius 2 is 1.25 bits per heavy atom. The van der Waals surface area contributed by atoms with Gasteiger partial charge in [0, 0.05) is 0 Å². The first kappa shape index (κ1) is 19.1. The van der Waals surface area contributed by atoms with E-state index >= 15 is 0 Å². The summed E-state index contributed by atoms with van der Waals surface area (Å²) >= 11 is 0. The van der Waals surface area contributed by atoms with Crippen molar-refractivity contribution >= 4 is 17.6 Å². The van der Waals surface area contributed by atoms with E-state index in [2.05, 4.69) is 0 Å². The normalized spacial score (nSPS) is 30.4. The SMILES string of the molecule is O=C(COC(=O)C1C2CC3CC(C2)CC1C3)Nc1c(F)c(F)c(F)c(F)c1F. The van der Waals surface area contributed by atoms with Gasteiger partial charge in [-0.25, -0.2) is 22.0 Å². The average molecular weight is 403 g/mol. The Morgan fingerprint density at radius 1 is 0.786 bits per heavy atom. The molecule has 1 amide bonds. The summed E-state index contributed by atoms with van der Waals surface area (Å²) < 4.78 is 71.6. The Hall–Kier alpha value is -2.19. The minimum absolute atomic E-state index is 0.224. The number of esters is 1. The summed E-state index contributed by atoms with van der Waals surface area (Å²) in [6.45, 7) is -0.860. The van der Waals surface area contributed by atoms with Gasteiger partial charge in [-0.2, -0.15) is 0 Å². The van der Waals surface area contributed by atoms with Crippen molar-refractivity contribution in [1.82, 2.24) is 0 Å². The number of carbonyl (C=O) groups excluding carboxylic acids is 2. The van der Waals surface area contributed by atoms with Crippen LogP contribution in [0.2, 0.25) is 0 Å². The van der Waals surface area contributed by atoms with Gasteiger partial charge < -0.3 is 10.1 Å². The number of carbonyl (C=O) groups is 2. The second-order valence-corrected chi connectivity index (χ2v) is 8.06. The molecule has 4 aliphatic carbocycles. The molecule has 0 aromatic heterocycles. The van der Waals surface area contributed by atoms with Crippen LogP contribution in [-0.4, -0.2) is 18.5 Å². The van der Waals surface area contributed by atoms with E-state index in [9.17, 15) is 31.5 Å². The smallest absolute Gasteiger partial charge is 0.310 e. The van der Waals surface area contributed by atoms with Crippen LogP contribution in [0.3, 0.4) is 0 Å². The first-order valence-electron chi connectivity index (χ1n) is 9.24. The molecular formula is C19H18F5NO3. The molecule has 0 radical (unpaired) electrons. The molecule has 0 heterocycles. The number of hydrogen-bond donors (Lipinski definition) is 1. The Kier molecular flexibility index (Phi) is 4.79. The maximum atomic E-state index is 13.6. The molecule has 9 heteroatoms. The fourth-order valence-corrected chi connectivity index (χ4v) is 5.43. The molecule has 4 nitrogen and oxygen atoms in total. The standard InChI is InChI=1S/C19H18F5NO3/c20-13-14(21)16(23)18(17(24)15(13)22)25-11(26)6-28-19(27)12-9-2-7-1-8(4-9)5-10(12)3-7/h7-10,12H,1-6H2,(H,25,26). The first-order valence-corrected chi connectivity index (χ1v) is 9.24. The van der Waals surface area contributed by atoms with Crippen LogP contribution < -0.4 is 5.32 Å². The van der Waals surface area contributed by atoms with E-state index in [1.807, 2.05) is 0 Å². The fraction of sp³-hybridized carbons (Fsp3) is 0.579. The molecule has 5 rings (SSSR count). The number of rotatable bonds is 4. The van der Waals surface area contributed by atoms with Gasteiger partial charge in [0.15, 0.2) is 29.9 Å². The van der Waals surface area contributed by atoms with Crippen molar-refractivity contribution in [3.8, 4) is 0 Å². The third kappa shape index (κ3) is 3.14. The van der Waals surface area contributed by atoms with Gasteiger partial charge in [0.05, 0.1) is 5.92 Å². The lowest BCUT2D eigenvalue weighted by Crippen LogP contribution is -2.48. The fourth-order valence-electron chi connectivity index (χ4n) is 5.43. The first-order chi connectivity index (χ1) is 13.3. The van der Waals surface area contributed by atoms with Gasteiger partial charge in [-0.05, 0) is 55.8 Å². The molecule has 1 aromatic carbocycles. The highest BCUT2D eigenvalue weighted by Crippen LogP contribution is 2.56. The zero-order valence-electron chi connectivity index (χ0n) is 14.7. The van der Waals surface area contributed by atoms with Crippen molar-refractivity contribution in [2.75, 3.05) is 11.9 Å². The molecule has 152 valence electrons. The molecular weight excluding hydrogens is 385 g/mol. The maximum Gasteiger partial charge on any atom is 0.310 e. The molecule has 28 heavy (non-hydrogen) atoms. The number of benzene rings is 1. The molecule has 4 saturated carbocycles. The molecule has 4 bridgehead atoms. The van der Waals surface area contributed by atoms with E-state index < -0.39 is 53.3 Å². The minimum Gasteiger partial charge on any atom is -0.455 e. The lowest BCUT2D eigenvalue weighted by molar-refractivity contribution is -0.164. The van der Waals surface area contributed by atoms with Crippen LogP contribution >= 0.6 is 0 Å². The van der Waals surface area contributed by atoms with Crippen molar-refractivity contribution in [3.05, 3.63) is 29.1 Å². The predicted octanol–water partition coefficient (Wildman–Crippen LogP) is 3.94. The zero-order chi connectivity index (χ0) is 20.2. The van der Waals surface area contributed by atoms with Crippen LogP contribution in [-0.2, 0) is 14.3 Å². The van der Waals surface area contributed by atoms with E-state index in [0.29, 0.717) is 11.8 Å². The number of nitrogens with one attached hydrogen (secondary N) is 1. The summed E-state index contributed by atoms with van der Waals surface area (Å²) in [4.78, 5) is 24.3. The number of hydrogen-bond acceptors (Lipinski definition) is 3. The van der Waals surface area contributed by atoms with Crippen LogP contribution in [0.5, 0.6) is 0 Å². The van der Waals surface area contributed by atoms with Crippen molar-refractivity contribution in [3.63, 3.8) is 0 Å². The van der Waals surface area contributed by atoms with Gasteiger partial charge in [-0.1, -0.05) is 0 Å². The summed E-state index contributed by atoms with van der Waals surface area (Å²) in [5, 5.41) is 1.60. The van der Waals surface area contributed by atoms with Crippen molar-refractivity contribution in [2.45, 2.75) is 32.1 Å². The van der Waals surface area contributed by atoms with Crippen molar-refractivity contribution in [2.24, 2.45) is 29.6 Å². The molecule has 0 atom stereocenters. The summed E-state index contributed by atoms with van der Waals surface area (Å²) in [6, 6.07) is 0. The number of ether oxygens (including phenoxy) is 1. The predicted molar refractivity (Wildman–Crippen MR) is 86.4 cm³/mol. The highest BCUT2D eigenvalue weighted by molar-refractivity contribution is 5.93. The van der Waals surface area contributed by atoms with Crippen LogP contribution in [0.15, 0.2) is 0 Å². The monoisotopic (exact) mass is 403 g/mol. The number of anilines is 1. The summed E-state index contributed by atoms with van der Waals surface area (Å²) in [7, 11) is 0. The molecule has 0 spiro atoms. The van der Waals surface area contributed by atoms with Crippen molar-refractivity contribution in [1.29, 1.82) is 0 Å². The Balaban J connectivity index is 1.38. The highest BCUT2D eigenvalue weighted by Gasteiger charge is 2.51. The van der Waals surface area contributed by atoms with Crippen molar-refractivity contribution < 1.29 is 36.3 Å². The van der Waals surface area contributed by atoms with E-state index in [4.69, 9.17) is 4.74 Å². The van der Waals surface area contributed by atoms with Crippen LogP contribution in [0.25, 0.3) is 0 Å². The number of halogens is 5. The van der Waals surface area contributed by atoms with E-state index in [1.54, 1.807) is 5.32 Å². The number of amides is 1. The quantitative estimate of drug-likeness (QED) is 0.359. The zero-order valence-corrected chi connectivity index (χ0v) is 14.7. The Morgan fingerprint density at radius 3 is 1.75 bits per heavy atom. The molecule has 0 saturated heterocycles. The largest absolute Gasteiger partial charge is 0.455 e. The molecule has 0 unspecified atom stereocenters. The summed E-state index contributed by atoms with van der Waals surface area (Å²) in [5.74, 6) is -11.2. The van der Waals surface area contributed by atoms with Gasteiger partial charge >= 0.3 is 5.97 Å². The van der Waals surface area contributed by atoms with Gasteiger partial charge in [0.2, 0.25) is 5.82 Å². The van der Waals surface area contributed by atoms with Crippen LogP contribution in [0.4, 0.5) is 27.6 Å². The van der Waals surface area contributed by atoms with Crippen LogP contribution in [0.1, 0.15) is 32.1 Å². The average Bonchev–Trinajstić information content (AvgIpc) is 2.65. The van der Waals surface area contributed by atoms with E-state index in [0.717, 1.165) is 25.7 Å². The molecule has 0 aliphatic heterocycles. The third-order valence-electron chi connectivity index (χ3n) is 6.32. The summed E-state index contributed by atoms with van der Waals surface area (Å²) in [6.07, 6.45) is 5.05. The molecule has 4 aliphatic rings. The maximum absolute atomic E-state index is 13.6. The Labute approximate surface area is 157 Å². The third-order valence-corrected chi connectivity index (χ3v) is 6.32. The minimum atomic E-state index is -2.32. The topological polar surface area (TPSA) is 55.4 Å². The second kappa shape index (κ2) is 7.00. The van der Waals surface area contributed by atoms with E-state index in [1.165, 1.54) is 6.42 Å². The molecule has 4 fully saturated rings. The van der Waals surface area contributed by atoms with Gasteiger partial charge in [0.1, 0.15) is 5.69 Å². The van der Waals surface area contributed by atoms with Gasteiger partial charge in [0.25, 0.3) is 5.91 Å². The molecule has 1 aromatic rings. The molecule has 1 N–H and O–H groups in total. The summed E-state index contributed by atoms with van der Waals surface area (Å²) in [5.41, 5.74) is -1.47. The van der Waals surface area contributed by atoms with Crippen LogP contribution in [0, 0.1) is 58.7 Å². The second-order valence-electron chi connectivity index (χ2n) is 8.06. The highest BCUT2D eigenvalue weighted by atomic mass is 19.2. The van der Waals surface area contributed by atoms with Gasteiger partial charge in [-0.15, -0.1) is 0 Å². The lowest BCUT2D eigenvalue weighted by atomic mass is 9.52. The van der Waals surface area contributed by atoms with Gasteiger partial charge in [-0.3, -0.25) is 9.59 Å².